The number of rotatable bonds is 6. The van der Waals surface area contributed by atoms with Crippen molar-refractivity contribution < 1.29 is 24.1 Å². The Labute approximate surface area is 176 Å². The second-order valence-corrected chi connectivity index (χ2v) is 6.96. The molecule has 0 unspecified atom stereocenters. The number of nitro benzene ring substituents is 1. The molecule has 2 aromatic rings. The lowest BCUT2D eigenvalue weighted by molar-refractivity contribution is -0.384. The summed E-state index contributed by atoms with van der Waals surface area (Å²) in [7, 11) is 1.50. The quantitative estimate of drug-likeness (QED) is 0.361. The van der Waals surface area contributed by atoms with Gasteiger partial charge in [-0.3, -0.25) is 29.4 Å². The van der Waals surface area contributed by atoms with Crippen LogP contribution in [0.5, 0.6) is 0 Å². The SMILES string of the molecule is CNC(=O)c1ccc(NC(=O)CN2C(=O)N[C@](C)(c3ccc([N+](=O)[O-])cc3)C2=O)cc1. The Morgan fingerprint density at radius 2 is 1.71 bits per heavy atom. The molecule has 1 saturated heterocycles. The summed E-state index contributed by atoms with van der Waals surface area (Å²) in [4.78, 5) is 60.2. The minimum atomic E-state index is -1.46. The second kappa shape index (κ2) is 8.22. The van der Waals surface area contributed by atoms with Gasteiger partial charge in [0.2, 0.25) is 5.91 Å². The van der Waals surface area contributed by atoms with Crippen LogP contribution in [0.15, 0.2) is 48.5 Å². The first-order valence-electron chi connectivity index (χ1n) is 9.16. The lowest BCUT2D eigenvalue weighted by Crippen LogP contribution is -2.42. The number of anilines is 1. The number of urea groups is 1. The predicted molar refractivity (Wildman–Crippen MR) is 109 cm³/mol. The summed E-state index contributed by atoms with van der Waals surface area (Å²) in [5, 5.41) is 18.4. The molecular formula is C20H19N5O6. The predicted octanol–water partition coefficient (Wildman–Crippen LogP) is 1.36. The van der Waals surface area contributed by atoms with E-state index in [0.717, 1.165) is 4.90 Å². The molecule has 3 N–H and O–H groups in total. The Bertz CT molecular complexity index is 1070. The van der Waals surface area contributed by atoms with E-state index in [1.165, 1.54) is 62.5 Å². The van der Waals surface area contributed by atoms with Crippen LogP contribution < -0.4 is 16.0 Å². The van der Waals surface area contributed by atoms with Gasteiger partial charge in [0.15, 0.2) is 0 Å². The van der Waals surface area contributed by atoms with E-state index in [-0.39, 0.29) is 11.6 Å². The molecular weight excluding hydrogens is 406 g/mol. The third kappa shape index (κ3) is 4.20. The van der Waals surface area contributed by atoms with E-state index in [1.807, 2.05) is 0 Å². The third-order valence-electron chi connectivity index (χ3n) is 4.89. The second-order valence-electron chi connectivity index (χ2n) is 6.96. The average molecular weight is 425 g/mol. The van der Waals surface area contributed by atoms with Crippen LogP contribution in [0.25, 0.3) is 0 Å². The number of nitro groups is 1. The fourth-order valence-corrected chi connectivity index (χ4v) is 3.15. The average Bonchev–Trinajstić information content (AvgIpc) is 2.97. The number of hydrogen-bond acceptors (Lipinski definition) is 6. The Kier molecular flexibility index (Phi) is 5.68. The maximum atomic E-state index is 12.9. The highest BCUT2D eigenvalue weighted by Gasteiger charge is 2.49. The number of hydrogen-bond donors (Lipinski definition) is 3. The van der Waals surface area contributed by atoms with Crippen molar-refractivity contribution in [2.75, 3.05) is 18.9 Å². The molecule has 1 aliphatic rings. The molecule has 3 rings (SSSR count). The van der Waals surface area contributed by atoms with E-state index < -0.39 is 34.9 Å². The minimum absolute atomic E-state index is 0.150. The molecule has 11 nitrogen and oxygen atoms in total. The Morgan fingerprint density at radius 1 is 1.10 bits per heavy atom. The molecule has 0 saturated carbocycles. The van der Waals surface area contributed by atoms with Gasteiger partial charge in [-0.05, 0) is 48.9 Å². The standard InChI is InChI=1S/C20H19N5O6/c1-20(13-5-9-15(10-6-13)25(30)31)18(28)24(19(29)23-20)11-16(26)22-14-7-3-12(4-8-14)17(27)21-2/h3-10H,11H2,1-2H3,(H,21,27)(H,22,26)(H,23,29)/t20-/m1/s1. The number of carbonyl (C=O) groups excluding carboxylic acids is 4. The normalized spacial score (nSPS) is 17.8. The van der Waals surface area contributed by atoms with Gasteiger partial charge in [-0.25, -0.2) is 4.79 Å². The van der Waals surface area contributed by atoms with Crippen LogP contribution in [0.4, 0.5) is 16.2 Å². The van der Waals surface area contributed by atoms with Crippen molar-refractivity contribution in [3.8, 4) is 0 Å². The summed E-state index contributed by atoms with van der Waals surface area (Å²) >= 11 is 0. The summed E-state index contributed by atoms with van der Waals surface area (Å²) in [6.45, 7) is 0.939. The summed E-state index contributed by atoms with van der Waals surface area (Å²) in [6, 6.07) is 10.6. The van der Waals surface area contributed by atoms with Crippen LogP contribution >= 0.6 is 0 Å². The number of carbonyl (C=O) groups is 4. The molecule has 11 heteroatoms. The molecule has 0 bridgehead atoms. The molecule has 1 fully saturated rings. The maximum Gasteiger partial charge on any atom is 0.325 e. The van der Waals surface area contributed by atoms with Crippen molar-refractivity contribution in [3.63, 3.8) is 0 Å². The molecule has 0 aromatic heterocycles. The van der Waals surface area contributed by atoms with Crippen LogP contribution in [-0.2, 0) is 15.1 Å². The van der Waals surface area contributed by atoms with E-state index in [2.05, 4.69) is 16.0 Å². The van der Waals surface area contributed by atoms with E-state index in [1.54, 1.807) is 0 Å². The van der Waals surface area contributed by atoms with Crippen LogP contribution in [0.2, 0.25) is 0 Å². The van der Waals surface area contributed by atoms with E-state index in [0.29, 0.717) is 16.8 Å². The molecule has 2 aromatic carbocycles. The number of non-ortho nitro benzene ring substituents is 1. The minimum Gasteiger partial charge on any atom is -0.355 e. The highest BCUT2D eigenvalue weighted by atomic mass is 16.6. The molecule has 0 spiro atoms. The Morgan fingerprint density at radius 3 is 2.26 bits per heavy atom. The fourth-order valence-electron chi connectivity index (χ4n) is 3.15. The highest BCUT2D eigenvalue weighted by molar-refractivity contribution is 6.10. The summed E-state index contributed by atoms with van der Waals surface area (Å²) in [6.07, 6.45) is 0. The third-order valence-corrected chi connectivity index (χ3v) is 4.89. The van der Waals surface area contributed by atoms with Crippen LogP contribution in [0, 0.1) is 10.1 Å². The summed E-state index contributed by atoms with van der Waals surface area (Å²) in [5.74, 6) is -1.54. The fraction of sp³-hybridized carbons (Fsp3) is 0.200. The molecule has 160 valence electrons. The Hall–Kier alpha value is -4.28. The first-order chi connectivity index (χ1) is 14.7. The molecule has 1 heterocycles. The van der Waals surface area contributed by atoms with Gasteiger partial charge in [-0.2, -0.15) is 0 Å². The van der Waals surface area contributed by atoms with Gasteiger partial charge >= 0.3 is 6.03 Å². The number of nitrogens with one attached hydrogen (secondary N) is 3. The zero-order chi connectivity index (χ0) is 22.8. The van der Waals surface area contributed by atoms with Crippen molar-refractivity contribution >= 4 is 35.1 Å². The molecule has 31 heavy (non-hydrogen) atoms. The zero-order valence-electron chi connectivity index (χ0n) is 16.7. The van der Waals surface area contributed by atoms with Gasteiger partial charge in [-0.1, -0.05) is 0 Å². The summed E-state index contributed by atoms with van der Waals surface area (Å²) < 4.78 is 0. The van der Waals surface area contributed by atoms with Gasteiger partial charge in [0.25, 0.3) is 17.5 Å². The van der Waals surface area contributed by atoms with Crippen LogP contribution in [-0.4, -0.2) is 47.2 Å². The van der Waals surface area contributed by atoms with Crippen molar-refractivity contribution in [1.82, 2.24) is 15.5 Å². The number of nitrogens with zero attached hydrogens (tertiary/aromatic N) is 2. The lowest BCUT2D eigenvalue weighted by atomic mass is 9.92. The van der Waals surface area contributed by atoms with E-state index in [4.69, 9.17) is 0 Å². The first-order valence-corrected chi connectivity index (χ1v) is 9.16. The highest BCUT2D eigenvalue weighted by Crippen LogP contribution is 2.30. The molecule has 1 aliphatic heterocycles. The van der Waals surface area contributed by atoms with Crippen LogP contribution in [0.1, 0.15) is 22.8 Å². The number of imide groups is 1. The zero-order valence-corrected chi connectivity index (χ0v) is 16.7. The van der Waals surface area contributed by atoms with Gasteiger partial charge in [0.05, 0.1) is 4.92 Å². The lowest BCUT2D eigenvalue weighted by Gasteiger charge is -2.22. The maximum absolute atomic E-state index is 12.9. The monoisotopic (exact) mass is 425 g/mol. The van der Waals surface area contributed by atoms with E-state index >= 15 is 0 Å². The van der Waals surface area contributed by atoms with Gasteiger partial charge < -0.3 is 16.0 Å². The molecule has 0 aliphatic carbocycles. The van der Waals surface area contributed by atoms with Crippen molar-refractivity contribution in [2.24, 2.45) is 0 Å². The van der Waals surface area contributed by atoms with Crippen LogP contribution in [0.3, 0.4) is 0 Å². The van der Waals surface area contributed by atoms with Gasteiger partial charge in [0, 0.05) is 30.4 Å². The van der Waals surface area contributed by atoms with Gasteiger partial charge in [0.1, 0.15) is 12.1 Å². The van der Waals surface area contributed by atoms with Crippen molar-refractivity contribution in [1.29, 1.82) is 0 Å². The first kappa shape index (κ1) is 21.4. The molecule has 5 amide bonds. The largest absolute Gasteiger partial charge is 0.355 e. The molecule has 0 radical (unpaired) electrons. The number of benzene rings is 2. The molecule has 1 atom stereocenters. The van der Waals surface area contributed by atoms with Crippen molar-refractivity contribution in [3.05, 3.63) is 69.8 Å². The topological polar surface area (TPSA) is 151 Å². The smallest absolute Gasteiger partial charge is 0.325 e. The van der Waals surface area contributed by atoms with Crippen molar-refractivity contribution in [2.45, 2.75) is 12.5 Å². The van der Waals surface area contributed by atoms with Gasteiger partial charge in [-0.15, -0.1) is 0 Å². The number of amides is 5. The van der Waals surface area contributed by atoms with E-state index in [9.17, 15) is 29.3 Å². The Balaban J connectivity index is 1.70. The summed E-state index contributed by atoms with van der Waals surface area (Å²) in [5.41, 5.74) is -0.454.